The van der Waals surface area contributed by atoms with E-state index in [-0.39, 0.29) is 5.78 Å². The van der Waals surface area contributed by atoms with Crippen molar-refractivity contribution in [1.29, 1.82) is 0 Å². The van der Waals surface area contributed by atoms with Crippen LogP contribution in [0, 0.1) is 5.92 Å². The van der Waals surface area contributed by atoms with Gasteiger partial charge in [0.15, 0.2) is 11.9 Å². The predicted molar refractivity (Wildman–Crippen MR) is 105 cm³/mol. The van der Waals surface area contributed by atoms with Crippen molar-refractivity contribution in [2.45, 2.75) is 46.1 Å². The normalized spacial score (nSPS) is 16.9. The molecule has 0 unspecified atom stereocenters. The Morgan fingerprint density at radius 2 is 1.93 bits per heavy atom. The van der Waals surface area contributed by atoms with Crippen LogP contribution in [0.1, 0.15) is 57.7 Å². The molecular formula is C21H23NO4S. The Kier molecular flexibility index (Phi) is 5.75. The number of hydrogen-bond donors (Lipinski definition) is 1. The van der Waals surface area contributed by atoms with E-state index in [0.29, 0.717) is 22.0 Å². The highest BCUT2D eigenvalue weighted by atomic mass is 32.1. The molecule has 27 heavy (non-hydrogen) atoms. The van der Waals surface area contributed by atoms with E-state index in [4.69, 9.17) is 4.74 Å². The molecule has 1 heterocycles. The van der Waals surface area contributed by atoms with E-state index >= 15 is 0 Å². The first-order chi connectivity index (χ1) is 12.8. The van der Waals surface area contributed by atoms with Gasteiger partial charge in [-0.25, -0.2) is 4.79 Å². The van der Waals surface area contributed by atoms with Crippen LogP contribution in [0.25, 0.3) is 0 Å². The summed E-state index contributed by atoms with van der Waals surface area (Å²) in [5.41, 5.74) is 2.35. The van der Waals surface area contributed by atoms with Crippen molar-refractivity contribution < 1.29 is 19.1 Å². The molecule has 1 aromatic carbocycles. The molecule has 2 aromatic rings. The molecule has 0 saturated heterocycles. The number of benzene rings is 1. The predicted octanol–water partition coefficient (Wildman–Crippen LogP) is 4.26. The fraction of sp³-hybridized carbons (Fsp3) is 0.381. The summed E-state index contributed by atoms with van der Waals surface area (Å²) in [4.78, 5) is 37.8. The van der Waals surface area contributed by atoms with E-state index < -0.39 is 18.0 Å². The summed E-state index contributed by atoms with van der Waals surface area (Å²) >= 11 is 1.47. The number of ketones is 1. The first-order valence-corrected chi connectivity index (χ1v) is 9.89. The quantitative estimate of drug-likeness (QED) is 0.617. The van der Waals surface area contributed by atoms with Gasteiger partial charge in [0.1, 0.15) is 4.88 Å². The molecule has 0 aliphatic heterocycles. The minimum atomic E-state index is -0.914. The van der Waals surface area contributed by atoms with Crippen molar-refractivity contribution in [2.24, 2.45) is 5.92 Å². The topological polar surface area (TPSA) is 72.5 Å². The van der Waals surface area contributed by atoms with Crippen molar-refractivity contribution in [3.63, 3.8) is 0 Å². The molecule has 142 valence electrons. The Morgan fingerprint density at radius 1 is 1.22 bits per heavy atom. The largest absolute Gasteiger partial charge is 0.448 e. The monoisotopic (exact) mass is 385 g/mol. The summed E-state index contributed by atoms with van der Waals surface area (Å²) in [6.45, 7) is 5.25. The summed E-state index contributed by atoms with van der Waals surface area (Å²) < 4.78 is 5.34. The Hall–Kier alpha value is -2.47. The van der Waals surface area contributed by atoms with E-state index in [1.165, 1.54) is 28.7 Å². The number of anilines is 1. The third-order valence-electron chi connectivity index (χ3n) is 4.74. The zero-order valence-electron chi connectivity index (χ0n) is 15.7. The second-order valence-corrected chi connectivity index (χ2v) is 8.21. The molecule has 1 aliphatic carbocycles. The molecule has 1 aliphatic rings. The number of carbonyl (C=O) groups is 3. The second-order valence-electron chi connectivity index (χ2n) is 7.08. The summed E-state index contributed by atoms with van der Waals surface area (Å²) in [7, 11) is 0. The number of hydrogen-bond acceptors (Lipinski definition) is 5. The lowest BCUT2D eigenvalue weighted by atomic mass is 9.90. The molecule has 3 rings (SSSR count). The van der Waals surface area contributed by atoms with Crippen LogP contribution in [0.3, 0.4) is 0 Å². The minimum absolute atomic E-state index is 0.0387. The van der Waals surface area contributed by atoms with Gasteiger partial charge in [0.25, 0.3) is 5.91 Å². The van der Waals surface area contributed by atoms with Crippen LogP contribution in [-0.2, 0) is 22.4 Å². The average Bonchev–Trinajstić information content (AvgIpc) is 3.05. The molecule has 0 saturated carbocycles. The van der Waals surface area contributed by atoms with E-state index in [0.717, 1.165) is 19.3 Å². The lowest BCUT2D eigenvalue weighted by molar-refractivity contribution is -0.123. The second kappa shape index (κ2) is 8.05. The zero-order chi connectivity index (χ0) is 19.6. The van der Waals surface area contributed by atoms with Gasteiger partial charge in [0.2, 0.25) is 0 Å². The van der Waals surface area contributed by atoms with E-state index in [9.17, 15) is 14.4 Å². The number of thiophene rings is 1. The van der Waals surface area contributed by atoms with Gasteiger partial charge in [-0.3, -0.25) is 9.59 Å². The van der Waals surface area contributed by atoms with Gasteiger partial charge in [0.05, 0.1) is 0 Å². The number of ether oxygens (including phenoxy) is 1. The van der Waals surface area contributed by atoms with Crippen LogP contribution in [-0.4, -0.2) is 23.8 Å². The molecule has 1 amide bonds. The molecule has 1 N–H and O–H groups in total. The van der Waals surface area contributed by atoms with Crippen LogP contribution < -0.4 is 5.32 Å². The van der Waals surface area contributed by atoms with Gasteiger partial charge in [-0.05, 0) is 74.9 Å². The van der Waals surface area contributed by atoms with Crippen LogP contribution in [0.2, 0.25) is 0 Å². The van der Waals surface area contributed by atoms with E-state index in [1.54, 1.807) is 31.2 Å². The highest BCUT2D eigenvalue weighted by Crippen LogP contribution is 2.32. The summed E-state index contributed by atoms with van der Waals surface area (Å²) in [6, 6.07) is 8.50. The smallest absolute Gasteiger partial charge is 0.349 e. The van der Waals surface area contributed by atoms with E-state index in [1.807, 2.05) is 6.07 Å². The minimum Gasteiger partial charge on any atom is -0.448 e. The number of Topliss-reactive ketones (excluding diaryl/α,β-unsaturated/α-hetero) is 1. The number of amides is 1. The molecule has 6 heteroatoms. The Bertz CT molecular complexity index is 869. The van der Waals surface area contributed by atoms with Gasteiger partial charge in [-0.1, -0.05) is 6.92 Å². The average molecular weight is 385 g/mol. The van der Waals surface area contributed by atoms with Gasteiger partial charge in [-0.2, -0.15) is 0 Å². The molecule has 0 bridgehead atoms. The standard InChI is InChI=1S/C21H23NO4S/c1-12-4-9-18-16(10-12)11-19(27-18)21(25)26-14(3)20(24)22-17-7-5-15(6-8-17)13(2)23/h5-8,11-12,14H,4,9-10H2,1-3H3,(H,22,24)/t12-,14-/m1/s1. The molecule has 0 spiro atoms. The number of carbonyl (C=O) groups excluding carboxylic acids is 3. The van der Waals surface area contributed by atoms with Crippen molar-refractivity contribution in [3.05, 3.63) is 51.2 Å². The molecule has 0 fully saturated rings. The number of rotatable bonds is 5. The summed E-state index contributed by atoms with van der Waals surface area (Å²) in [6.07, 6.45) is 2.22. The Balaban J connectivity index is 1.59. The van der Waals surface area contributed by atoms with Crippen LogP contribution >= 0.6 is 11.3 Å². The first kappa shape index (κ1) is 19.3. The summed E-state index contributed by atoms with van der Waals surface area (Å²) in [5.74, 6) is -0.274. The lowest BCUT2D eigenvalue weighted by Gasteiger charge is -2.16. The third-order valence-corrected chi connectivity index (χ3v) is 5.96. The van der Waals surface area contributed by atoms with Gasteiger partial charge >= 0.3 is 5.97 Å². The molecular weight excluding hydrogens is 362 g/mol. The van der Waals surface area contributed by atoms with Crippen molar-refractivity contribution in [2.75, 3.05) is 5.32 Å². The first-order valence-electron chi connectivity index (χ1n) is 9.08. The maximum absolute atomic E-state index is 12.4. The molecule has 1 aromatic heterocycles. The molecule has 0 radical (unpaired) electrons. The maximum Gasteiger partial charge on any atom is 0.349 e. The maximum atomic E-state index is 12.4. The zero-order valence-corrected chi connectivity index (χ0v) is 16.5. The van der Waals surface area contributed by atoms with E-state index in [2.05, 4.69) is 12.2 Å². The van der Waals surface area contributed by atoms with Gasteiger partial charge < -0.3 is 10.1 Å². The third kappa shape index (κ3) is 4.63. The van der Waals surface area contributed by atoms with Gasteiger partial charge in [0, 0.05) is 16.1 Å². The van der Waals surface area contributed by atoms with Crippen molar-refractivity contribution in [1.82, 2.24) is 0 Å². The Morgan fingerprint density at radius 3 is 2.59 bits per heavy atom. The van der Waals surface area contributed by atoms with Crippen LogP contribution in [0.4, 0.5) is 5.69 Å². The highest BCUT2D eigenvalue weighted by molar-refractivity contribution is 7.14. The van der Waals surface area contributed by atoms with Gasteiger partial charge in [-0.15, -0.1) is 11.3 Å². The summed E-state index contributed by atoms with van der Waals surface area (Å²) in [5, 5.41) is 2.70. The van der Waals surface area contributed by atoms with Crippen LogP contribution in [0.15, 0.2) is 30.3 Å². The fourth-order valence-electron chi connectivity index (χ4n) is 3.11. The molecule has 5 nitrogen and oxygen atoms in total. The number of aryl methyl sites for hydroxylation is 1. The van der Waals surface area contributed by atoms with Crippen molar-refractivity contribution in [3.8, 4) is 0 Å². The number of nitrogens with one attached hydrogen (secondary N) is 1. The Labute approximate surface area is 162 Å². The van der Waals surface area contributed by atoms with Crippen LogP contribution in [0.5, 0.6) is 0 Å². The SMILES string of the molecule is CC(=O)c1ccc(NC(=O)[C@@H](C)OC(=O)c2cc3c(s2)CC[C@@H](C)C3)cc1. The lowest BCUT2D eigenvalue weighted by Crippen LogP contribution is -2.29. The number of fused-ring (bicyclic) bond motifs is 1. The number of esters is 1. The highest BCUT2D eigenvalue weighted by Gasteiger charge is 2.24. The van der Waals surface area contributed by atoms with Crippen molar-refractivity contribution >= 4 is 34.7 Å². The molecule has 2 atom stereocenters. The fourth-order valence-corrected chi connectivity index (χ4v) is 4.20.